The number of nitrogens with zero attached hydrogens (tertiary/aromatic N) is 3. The molecule has 0 radical (unpaired) electrons. The molecule has 0 bridgehead atoms. The molecule has 1 aromatic heterocycles. The van der Waals surface area contributed by atoms with E-state index in [-0.39, 0.29) is 0 Å². The Labute approximate surface area is 120 Å². The number of aromatic nitrogens is 2. The summed E-state index contributed by atoms with van der Waals surface area (Å²) in [6, 6.07) is 9.35. The van der Waals surface area contributed by atoms with Gasteiger partial charge in [0.15, 0.2) is 0 Å². The summed E-state index contributed by atoms with van der Waals surface area (Å²) in [5.74, 6) is 0. The summed E-state index contributed by atoms with van der Waals surface area (Å²) in [7, 11) is 4.18. The minimum Gasteiger partial charge on any atom is -0.379 e. The van der Waals surface area contributed by atoms with E-state index in [1.807, 2.05) is 12.5 Å². The summed E-state index contributed by atoms with van der Waals surface area (Å²) < 4.78 is 2.30. The van der Waals surface area contributed by atoms with Crippen LogP contribution in [-0.2, 0) is 13.1 Å². The maximum atomic E-state index is 4.26. The highest BCUT2D eigenvalue weighted by Gasteiger charge is 2.24. The zero-order valence-electron chi connectivity index (χ0n) is 12.2. The molecule has 1 aromatic carbocycles. The molecule has 20 heavy (non-hydrogen) atoms. The van der Waals surface area contributed by atoms with E-state index in [9.17, 15) is 0 Å². The van der Waals surface area contributed by atoms with Crippen molar-refractivity contribution in [2.24, 2.45) is 0 Å². The molecule has 0 amide bonds. The molecule has 0 atom stereocenters. The maximum absolute atomic E-state index is 4.26. The average molecular weight is 270 g/mol. The van der Waals surface area contributed by atoms with Crippen molar-refractivity contribution in [2.75, 3.05) is 19.4 Å². The van der Waals surface area contributed by atoms with Crippen LogP contribution in [0.25, 0.3) is 0 Å². The normalized spacial score (nSPS) is 14.8. The van der Waals surface area contributed by atoms with E-state index in [0.29, 0.717) is 6.04 Å². The number of hydrogen-bond donors (Lipinski definition) is 1. The van der Waals surface area contributed by atoms with Crippen molar-refractivity contribution in [3.63, 3.8) is 0 Å². The van der Waals surface area contributed by atoms with Crippen LogP contribution in [0.2, 0.25) is 0 Å². The van der Waals surface area contributed by atoms with Crippen LogP contribution in [0.15, 0.2) is 36.8 Å². The fourth-order valence-electron chi connectivity index (χ4n) is 2.44. The number of benzene rings is 1. The summed E-state index contributed by atoms with van der Waals surface area (Å²) in [5, 5.41) is 3.48. The van der Waals surface area contributed by atoms with Crippen LogP contribution in [0.1, 0.15) is 30.1 Å². The minimum absolute atomic E-state index is 0.691. The van der Waals surface area contributed by atoms with E-state index in [1.54, 1.807) is 0 Å². The predicted octanol–water partition coefficient (Wildman–Crippen LogP) is 2.89. The summed E-state index contributed by atoms with van der Waals surface area (Å²) in [6.07, 6.45) is 6.51. The van der Waals surface area contributed by atoms with Crippen LogP contribution < -0.4 is 5.32 Å². The maximum Gasteiger partial charge on any atom is 0.0951 e. The fraction of sp³-hybridized carbons (Fsp3) is 0.438. The highest BCUT2D eigenvalue weighted by atomic mass is 15.1. The number of imidazole rings is 1. The molecule has 0 aliphatic heterocycles. The standard InChI is InChI=1S/C16H22N4/c1-19(2)11-13-3-5-14(6-4-13)18-10-16-9-17-12-20(16)15-7-8-15/h3-6,9,12,15,18H,7-8,10-11H2,1-2H3. The number of nitrogens with one attached hydrogen (secondary N) is 1. The van der Waals surface area contributed by atoms with Crippen LogP contribution >= 0.6 is 0 Å². The van der Waals surface area contributed by atoms with E-state index in [1.165, 1.54) is 24.1 Å². The van der Waals surface area contributed by atoms with E-state index in [2.05, 4.69) is 58.1 Å². The van der Waals surface area contributed by atoms with Crippen molar-refractivity contribution in [2.45, 2.75) is 32.0 Å². The van der Waals surface area contributed by atoms with Gasteiger partial charge in [-0.05, 0) is 44.6 Å². The highest BCUT2D eigenvalue weighted by Crippen LogP contribution is 2.35. The number of rotatable bonds is 6. The van der Waals surface area contributed by atoms with Crippen LogP contribution in [0.3, 0.4) is 0 Å². The number of hydrogen-bond acceptors (Lipinski definition) is 3. The molecular weight excluding hydrogens is 248 g/mol. The minimum atomic E-state index is 0.691. The average Bonchev–Trinajstić information content (AvgIpc) is 3.16. The molecule has 1 saturated carbocycles. The molecule has 0 saturated heterocycles. The molecule has 0 spiro atoms. The molecule has 1 N–H and O–H groups in total. The first-order valence-electron chi connectivity index (χ1n) is 7.20. The molecule has 106 valence electrons. The zero-order valence-corrected chi connectivity index (χ0v) is 12.2. The molecule has 1 fully saturated rings. The lowest BCUT2D eigenvalue weighted by atomic mass is 10.2. The third-order valence-electron chi connectivity index (χ3n) is 3.61. The first-order chi connectivity index (χ1) is 9.72. The molecule has 2 aromatic rings. The van der Waals surface area contributed by atoms with Gasteiger partial charge in [0.1, 0.15) is 0 Å². The van der Waals surface area contributed by atoms with Gasteiger partial charge < -0.3 is 14.8 Å². The molecule has 1 aliphatic carbocycles. The Bertz CT molecular complexity index is 552. The third-order valence-corrected chi connectivity index (χ3v) is 3.61. The van der Waals surface area contributed by atoms with E-state index in [4.69, 9.17) is 0 Å². The molecule has 1 heterocycles. The van der Waals surface area contributed by atoms with Crippen molar-refractivity contribution < 1.29 is 0 Å². The van der Waals surface area contributed by atoms with Crippen LogP contribution in [0, 0.1) is 0 Å². The van der Waals surface area contributed by atoms with E-state index < -0.39 is 0 Å². The van der Waals surface area contributed by atoms with Gasteiger partial charge in [0.05, 0.1) is 18.6 Å². The predicted molar refractivity (Wildman–Crippen MR) is 81.7 cm³/mol. The lowest BCUT2D eigenvalue weighted by Crippen LogP contribution is -2.10. The lowest BCUT2D eigenvalue weighted by Gasteiger charge is -2.12. The fourth-order valence-corrected chi connectivity index (χ4v) is 2.44. The molecule has 0 unspecified atom stereocenters. The second-order valence-corrected chi connectivity index (χ2v) is 5.81. The van der Waals surface area contributed by atoms with E-state index >= 15 is 0 Å². The van der Waals surface area contributed by atoms with Gasteiger partial charge in [-0.2, -0.15) is 0 Å². The Balaban J connectivity index is 1.59. The Kier molecular flexibility index (Phi) is 3.74. The topological polar surface area (TPSA) is 33.1 Å². The quantitative estimate of drug-likeness (QED) is 0.876. The second-order valence-electron chi connectivity index (χ2n) is 5.81. The largest absolute Gasteiger partial charge is 0.379 e. The summed E-state index contributed by atoms with van der Waals surface area (Å²) in [4.78, 5) is 6.44. The smallest absolute Gasteiger partial charge is 0.0951 e. The second kappa shape index (κ2) is 5.67. The molecule has 4 nitrogen and oxygen atoms in total. The third kappa shape index (κ3) is 3.20. The molecule has 3 rings (SSSR count). The molecular formula is C16H22N4. The SMILES string of the molecule is CN(C)Cc1ccc(NCc2cncn2C2CC2)cc1. The summed E-state index contributed by atoms with van der Waals surface area (Å²) in [6.45, 7) is 1.82. The van der Waals surface area contributed by atoms with Gasteiger partial charge >= 0.3 is 0 Å². The zero-order chi connectivity index (χ0) is 13.9. The number of anilines is 1. The van der Waals surface area contributed by atoms with Crippen molar-refractivity contribution in [1.29, 1.82) is 0 Å². The Morgan fingerprint density at radius 3 is 2.65 bits per heavy atom. The monoisotopic (exact) mass is 270 g/mol. The first kappa shape index (κ1) is 13.2. The lowest BCUT2D eigenvalue weighted by molar-refractivity contribution is 0.402. The van der Waals surface area contributed by atoms with Crippen molar-refractivity contribution in [3.05, 3.63) is 48.0 Å². The Hall–Kier alpha value is -1.81. The highest BCUT2D eigenvalue weighted by molar-refractivity contribution is 5.44. The van der Waals surface area contributed by atoms with Gasteiger partial charge in [0.25, 0.3) is 0 Å². The molecule has 4 heteroatoms. The van der Waals surface area contributed by atoms with Gasteiger partial charge in [-0.25, -0.2) is 4.98 Å². The van der Waals surface area contributed by atoms with Gasteiger partial charge in [0.2, 0.25) is 0 Å². The van der Waals surface area contributed by atoms with Gasteiger partial charge in [-0.15, -0.1) is 0 Å². The van der Waals surface area contributed by atoms with Crippen LogP contribution in [0.4, 0.5) is 5.69 Å². The van der Waals surface area contributed by atoms with Crippen molar-refractivity contribution >= 4 is 5.69 Å². The van der Waals surface area contributed by atoms with Gasteiger partial charge in [-0.3, -0.25) is 0 Å². The van der Waals surface area contributed by atoms with Gasteiger partial charge in [-0.1, -0.05) is 12.1 Å². The van der Waals surface area contributed by atoms with Crippen molar-refractivity contribution in [1.82, 2.24) is 14.5 Å². The van der Waals surface area contributed by atoms with Gasteiger partial charge in [0, 0.05) is 24.5 Å². The Morgan fingerprint density at radius 2 is 2.00 bits per heavy atom. The molecule has 1 aliphatic rings. The van der Waals surface area contributed by atoms with Crippen LogP contribution in [-0.4, -0.2) is 28.5 Å². The summed E-state index contributed by atoms with van der Waals surface area (Å²) >= 11 is 0. The van der Waals surface area contributed by atoms with Crippen molar-refractivity contribution in [3.8, 4) is 0 Å². The van der Waals surface area contributed by atoms with Crippen LogP contribution in [0.5, 0.6) is 0 Å². The summed E-state index contributed by atoms with van der Waals surface area (Å²) in [5.41, 5.74) is 3.77. The van der Waals surface area contributed by atoms with E-state index in [0.717, 1.165) is 18.8 Å². The Morgan fingerprint density at radius 1 is 1.25 bits per heavy atom. The first-order valence-corrected chi connectivity index (χ1v) is 7.20.